The molecule has 21 heavy (non-hydrogen) atoms. The van der Waals surface area contributed by atoms with Gasteiger partial charge in [0.1, 0.15) is 0 Å². The van der Waals surface area contributed by atoms with Crippen LogP contribution in [0.25, 0.3) is 0 Å². The lowest BCUT2D eigenvalue weighted by molar-refractivity contribution is 0.238. The fourth-order valence-electron chi connectivity index (χ4n) is 3.92. The first-order valence-corrected chi connectivity index (χ1v) is 9.70. The molecule has 0 aromatic carbocycles. The van der Waals surface area contributed by atoms with E-state index in [1.165, 1.54) is 12.8 Å². The Morgan fingerprint density at radius 1 is 0.905 bits per heavy atom. The summed E-state index contributed by atoms with van der Waals surface area (Å²) >= 11 is 0. The van der Waals surface area contributed by atoms with Crippen LogP contribution in [-0.2, 0) is 10.2 Å². The average Bonchev–Trinajstić information content (AvgIpc) is 3.18. The maximum absolute atomic E-state index is 12.8. The van der Waals surface area contributed by atoms with Crippen molar-refractivity contribution in [2.75, 3.05) is 45.8 Å². The second-order valence-electron chi connectivity index (χ2n) is 6.65. The van der Waals surface area contributed by atoms with Gasteiger partial charge >= 0.3 is 0 Å². The van der Waals surface area contributed by atoms with Gasteiger partial charge in [-0.05, 0) is 57.7 Å². The van der Waals surface area contributed by atoms with Crippen molar-refractivity contribution in [3.05, 3.63) is 0 Å². The zero-order chi connectivity index (χ0) is 14.9. The molecule has 2 N–H and O–H groups in total. The van der Waals surface area contributed by atoms with Crippen LogP contribution in [0.4, 0.5) is 0 Å². The van der Waals surface area contributed by atoms with Crippen molar-refractivity contribution >= 4 is 10.2 Å². The summed E-state index contributed by atoms with van der Waals surface area (Å²) in [5, 5.41) is 0. The fraction of sp³-hybridized carbons (Fsp3) is 1.00. The van der Waals surface area contributed by atoms with Gasteiger partial charge in [0.2, 0.25) is 0 Å². The SMILES string of the molecule is NCC1CCCN(S(=O)(=O)N2CCC(N3CCCC3)C2)C1. The molecule has 0 bridgehead atoms. The molecule has 6 nitrogen and oxygen atoms in total. The highest BCUT2D eigenvalue weighted by molar-refractivity contribution is 7.86. The van der Waals surface area contributed by atoms with Gasteiger partial charge in [0.25, 0.3) is 10.2 Å². The zero-order valence-electron chi connectivity index (χ0n) is 12.8. The quantitative estimate of drug-likeness (QED) is 0.797. The molecule has 0 aliphatic carbocycles. The molecule has 0 amide bonds. The van der Waals surface area contributed by atoms with Crippen molar-refractivity contribution in [1.82, 2.24) is 13.5 Å². The molecule has 7 heteroatoms. The van der Waals surface area contributed by atoms with E-state index < -0.39 is 10.2 Å². The lowest BCUT2D eigenvalue weighted by Crippen LogP contribution is -2.49. The molecule has 0 radical (unpaired) electrons. The van der Waals surface area contributed by atoms with Crippen LogP contribution in [0.1, 0.15) is 32.1 Å². The van der Waals surface area contributed by atoms with Gasteiger partial charge < -0.3 is 5.73 Å². The molecule has 0 aromatic rings. The third kappa shape index (κ3) is 3.27. The topological polar surface area (TPSA) is 69.9 Å². The Labute approximate surface area is 128 Å². The van der Waals surface area contributed by atoms with Crippen molar-refractivity contribution in [2.45, 2.75) is 38.1 Å². The van der Waals surface area contributed by atoms with Crippen molar-refractivity contribution in [3.8, 4) is 0 Å². The molecule has 0 saturated carbocycles. The molecule has 3 aliphatic rings. The van der Waals surface area contributed by atoms with Crippen molar-refractivity contribution in [1.29, 1.82) is 0 Å². The average molecular weight is 316 g/mol. The molecule has 0 spiro atoms. The van der Waals surface area contributed by atoms with Gasteiger partial charge in [-0.1, -0.05) is 0 Å². The molecule has 3 aliphatic heterocycles. The van der Waals surface area contributed by atoms with Crippen LogP contribution in [-0.4, -0.2) is 73.8 Å². The van der Waals surface area contributed by atoms with Crippen LogP contribution in [0.2, 0.25) is 0 Å². The van der Waals surface area contributed by atoms with E-state index in [9.17, 15) is 8.42 Å². The predicted octanol–water partition coefficient (Wildman–Crippen LogP) is 0.0720. The van der Waals surface area contributed by atoms with Crippen LogP contribution in [0.5, 0.6) is 0 Å². The number of rotatable bonds is 4. The Morgan fingerprint density at radius 3 is 2.33 bits per heavy atom. The lowest BCUT2D eigenvalue weighted by Gasteiger charge is -2.34. The molecule has 3 saturated heterocycles. The maximum atomic E-state index is 12.8. The summed E-state index contributed by atoms with van der Waals surface area (Å²) in [5.74, 6) is 0.325. The molecule has 0 aromatic heterocycles. The van der Waals surface area contributed by atoms with Gasteiger partial charge in [0.05, 0.1) is 0 Å². The number of likely N-dealkylation sites (tertiary alicyclic amines) is 1. The third-order valence-corrected chi connectivity index (χ3v) is 7.22. The zero-order valence-corrected chi connectivity index (χ0v) is 13.6. The highest BCUT2D eigenvalue weighted by Gasteiger charge is 2.39. The van der Waals surface area contributed by atoms with Crippen molar-refractivity contribution < 1.29 is 8.42 Å². The van der Waals surface area contributed by atoms with Gasteiger partial charge in [-0.3, -0.25) is 4.90 Å². The number of nitrogens with zero attached hydrogens (tertiary/aromatic N) is 3. The summed E-state index contributed by atoms with van der Waals surface area (Å²) < 4.78 is 29.0. The Bertz CT molecular complexity index is 450. The monoisotopic (exact) mass is 316 g/mol. The van der Waals surface area contributed by atoms with E-state index in [1.807, 2.05) is 0 Å². The van der Waals surface area contributed by atoms with Gasteiger partial charge in [0, 0.05) is 32.2 Å². The van der Waals surface area contributed by atoms with Crippen molar-refractivity contribution in [3.63, 3.8) is 0 Å². The molecule has 3 rings (SSSR count). The van der Waals surface area contributed by atoms with Gasteiger partial charge in [-0.2, -0.15) is 17.0 Å². The van der Waals surface area contributed by atoms with E-state index in [2.05, 4.69) is 4.90 Å². The van der Waals surface area contributed by atoms with E-state index in [0.29, 0.717) is 44.7 Å². The Morgan fingerprint density at radius 2 is 1.62 bits per heavy atom. The summed E-state index contributed by atoms with van der Waals surface area (Å²) in [6, 6.07) is 0.428. The number of piperidine rings is 1. The minimum atomic E-state index is -3.28. The summed E-state index contributed by atoms with van der Waals surface area (Å²) in [4.78, 5) is 2.47. The van der Waals surface area contributed by atoms with Crippen LogP contribution in [0, 0.1) is 5.92 Å². The second kappa shape index (κ2) is 6.50. The molecular weight excluding hydrogens is 288 g/mol. The maximum Gasteiger partial charge on any atom is 0.282 e. The lowest BCUT2D eigenvalue weighted by atomic mass is 10.0. The Hall–Kier alpha value is -0.210. The van der Waals surface area contributed by atoms with Crippen LogP contribution < -0.4 is 5.73 Å². The first kappa shape index (κ1) is 15.7. The fourth-order valence-corrected chi connectivity index (χ4v) is 5.70. The van der Waals surface area contributed by atoms with E-state index >= 15 is 0 Å². The van der Waals surface area contributed by atoms with Crippen LogP contribution >= 0.6 is 0 Å². The van der Waals surface area contributed by atoms with Gasteiger partial charge in [0.15, 0.2) is 0 Å². The first-order chi connectivity index (χ1) is 10.1. The number of nitrogens with two attached hydrogens (primary N) is 1. The highest BCUT2D eigenvalue weighted by Crippen LogP contribution is 2.26. The predicted molar refractivity (Wildman–Crippen MR) is 83.1 cm³/mol. The summed E-state index contributed by atoms with van der Waals surface area (Å²) in [7, 11) is -3.28. The molecule has 3 heterocycles. The Kier molecular flexibility index (Phi) is 4.85. The normalized spacial score (nSPS) is 33.8. The molecular formula is C14H28N4O2S. The van der Waals surface area contributed by atoms with Crippen LogP contribution in [0.15, 0.2) is 0 Å². The second-order valence-corrected chi connectivity index (χ2v) is 8.58. The van der Waals surface area contributed by atoms with Gasteiger partial charge in [-0.15, -0.1) is 0 Å². The third-order valence-electron chi connectivity index (χ3n) is 5.25. The van der Waals surface area contributed by atoms with E-state index in [0.717, 1.165) is 32.4 Å². The summed E-state index contributed by atoms with van der Waals surface area (Å²) in [6.45, 7) is 5.46. The molecule has 3 fully saturated rings. The molecule has 2 atom stereocenters. The highest BCUT2D eigenvalue weighted by atomic mass is 32.2. The Balaban J connectivity index is 1.62. The largest absolute Gasteiger partial charge is 0.330 e. The van der Waals surface area contributed by atoms with Gasteiger partial charge in [-0.25, -0.2) is 0 Å². The smallest absolute Gasteiger partial charge is 0.282 e. The first-order valence-electron chi connectivity index (χ1n) is 8.30. The summed E-state index contributed by atoms with van der Waals surface area (Å²) in [6.07, 6.45) is 5.48. The molecule has 122 valence electrons. The minimum absolute atomic E-state index is 0.325. The molecule has 2 unspecified atom stereocenters. The van der Waals surface area contributed by atoms with E-state index in [1.54, 1.807) is 8.61 Å². The minimum Gasteiger partial charge on any atom is -0.330 e. The van der Waals surface area contributed by atoms with E-state index in [4.69, 9.17) is 5.73 Å². The number of hydrogen-bond acceptors (Lipinski definition) is 4. The standard InChI is InChI=1S/C14H28N4O2S/c15-10-13-4-3-8-17(11-13)21(19,20)18-9-5-14(12-18)16-6-1-2-7-16/h13-14H,1-12,15H2. The van der Waals surface area contributed by atoms with Crippen molar-refractivity contribution in [2.24, 2.45) is 11.7 Å². The van der Waals surface area contributed by atoms with E-state index in [-0.39, 0.29) is 0 Å². The summed E-state index contributed by atoms with van der Waals surface area (Å²) in [5.41, 5.74) is 5.73. The number of hydrogen-bond donors (Lipinski definition) is 1. The van der Waals surface area contributed by atoms with Crippen LogP contribution in [0.3, 0.4) is 0 Å².